The normalized spacial score (nSPS) is 19.7. The van der Waals surface area contributed by atoms with Crippen molar-refractivity contribution in [1.82, 2.24) is 5.32 Å². The Labute approximate surface area is 188 Å². The summed E-state index contributed by atoms with van der Waals surface area (Å²) in [7, 11) is -5.63. The van der Waals surface area contributed by atoms with Crippen LogP contribution < -0.4 is 14.8 Å². The Morgan fingerprint density at radius 1 is 1.18 bits per heavy atom. The van der Waals surface area contributed by atoms with Gasteiger partial charge in [-0.15, -0.1) is 0 Å². The zero-order valence-corrected chi connectivity index (χ0v) is 18.5. The van der Waals surface area contributed by atoms with Gasteiger partial charge in [-0.1, -0.05) is 30.3 Å². The second kappa shape index (κ2) is 9.10. The molecule has 0 spiro atoms. The van der Waals surface area contributed by atoms with E-state index in [2.05, 4.69) is 5.32 Å². The van der Waals surface area contributed by atoms with E-state index in [1.165, 1.54) is 24.6 Å². The molecule has 3 N–H and O–H groups in total. The van der Waals surface area contributed by atoms with Crippen LogP contribution in [0.2, 0.25) is 0 Å². The van der Waals surface area contributed by atoms with Crippen LogP contribution in [0.1, 0.15) is 31.1 Å². The van der Waals surface area contributed by atoms with E-state index in [1.54, 1.807) is 0 Å². The fourth-order valence-electron chi connectivity index (χ4n) is 3.25. The largest absolute Gasteiger partial charge is 0.516 e. The molecule has 2 atom stereocenters. The lowest BCUT2D eigenvalue weighted by atomic mass is 9.88. The van der Waals surface area contributed by atoms with Crippen LogP contribution in [0.25, 0.3) is 0 Å². The van der Waals surface area contributed by atoms with Crippen LogP contribution in [0.3, 0.4) is 0 Å². The lowest BCUT2D eigenvalue weighted by Gasteiger charge is -2.41. The molecule has 1 aliphatic rings. The monoisotopic (exact) mass is 488 g/mol. The number of aliphatic hydroxyl groups is 1. The van der Waals surface area contributed by atoms with Crippen molar-refractivity contribution < 1.29 is 41.0 Å². The average molecular weight is 488 g/mol. The number of carbonyl (C=O) groups excluding carboxylic acids is 1. The van der Waals surface area contributed by atoms with Crippen LogP contribution >= 0.6 is 0 Å². The van der Waals surface area contributed by atoms with Gasteiger partial charge in [0.15, 0.2) is 6.10 Å². The van der Waals surface area contributed by atoms with Crippen LogP contribution in [0.4, 0.5) is 23.7 Å². The zero-order chi connectivity index (χ0) is 24.4. The number of fused-ring (bicyclic) bond motifs is 1. The van der Waals surface area contributed by atoms with Gasteiger partial charge in [-0.25, -0.2) is 4.79 Å². The van der Waals surface area contributed by atoms with Gasteiger partial charge in [0, 0.05) is 18.2 Å². The van der Waals surface area contributed by atoms with Crippen molar-refractivity contribution in [1.29, 1.82) is 0 Å². The van der Waals surface area contributed by atoms with Crippen molar-refractivity contribution in [3.63, 3.8) is 0 Å². The molecule has 180 valence electrons. The summed E-state index contributed by atoms with van der Waals surface area (Å²) in [5.41, 5.74) is -6.00. The van der Waals surface area contributed by atoms with Crippen molar-refractivity contribution in [2.45, 2.75) is 43.6 Å². The first-order valence-electron chi connectivity index (χ1n) is 9.89. The van der Waals surface area contributed by atoms with E-state index in [9.17, 15) is 31.5 Å². The van der Waals surface area contributed by atoms with Crippen LogP contribution in [-0.4, -0.2) is 43.4 Å². The highest BCUT2D eigenvalue weighted by molar-refractivity contribution is 7.93. The number of hydrogen-bond donors (Lipinski definition) is 3. The highest BCUT2D eigenvalue weighted by Crippen LogP contribution is 2.43. The zero-order valence-electron chi connectivity index (χ0n) is 17.7. The van der Waals surface area contributed by atoms with Crippen molar-refractivity contribution in [3.05, 3.63) is 59.7 Å². The van der Waals surface area contributed by atoms with E-state index in [0.717, 1.165) is 17.7 Å². The van der Waals surface area contributed by atoms with Gasteiger partial charge in [-0.05, 0) is 38.0 Å². The van der Waals surface area contributed by atoms with Gasteiger partial charge >= 0.3 is 21.6 Å². The summed E-state index contributed by atoms with van der Waals surface area (Å²) in [4.78, 5) is 12.3. The first-order valence-corrected chi connectivity index (χ1v) is 11.4. The second-order valence-corrected chi connectivity index (χ2v) is 9.62. The van der Waals surface area contributed by atoms with E-state index in [4.69, 9.17) is 9.47 Å². The third-order valence-corrected chi connectivity index (χ3v) is 6.12. The number of alkyl halides is 3. The Bertz CT molecular complexity index is 1110. The Balaban J connectivity index is 1.75. The number of nitrogens with one attached hydrogen (secondary N) is 2. The van der Waals surface area contributed by atoms with E-state index in [0.29, 0.717) is 6.42 Å². The highest BCUT2D eigenvalue weighted by atomic mass is 32.2. The average Bonchev–Trinajstić information content (AvgIpc) is 2.71. The molecule has 0 aromatic heterocycles. The number of sulfonamides is 1. The Kier molecular flexibility index (Phi) is 6.80. The molecular weight excluding hydrogens is 465 g/mol. The molecule has 8 nitrogen and oxygen atoms in total. The van der Waals surface area contributed by atoms with Crippen molar-refractivity contribution in [3.8, 4) is 5.75 Å². The minimum atomic E-state index is -5.63. The molecule has 0 fully saturated rings. The first kappa shape index (κ1) is 24.6. The molecule has 3 rings (SSSR count). The number of aliphatic hydroxyl groups excluding tert-OH is 1. The quantitative estimate of drug-likeness (QED) is 0.574. The van der Waals surface area contributed by atoms with E-state index in [-0.39, 0.29) is 17.9 Å². The molecule has 1 amide bonds. The summed E-state index contributed by atoms with van der Waals surface area (Å²) < 4.78 is 73.3. The van der Waals surface area contributed by atoms with Gasteiger partial charge in [-0.2, -0.15) is 21.6 Å². The van der Waals surface area contributed by atoms with Crippen LogP contribution in [-0.2, 0) is 21.2 Å². The number of rotatable bonds is 6. The maximum absolute atomic E-state index is 12.7. The molecule has 0 saturated carbocycles. The van der Waals surface area contributed by atoms with E-state index < -0.39 is 45.1 Å². The lowest BCUT2D eigenvalue weighted by Crippen LogP contribution is -2.50. The predicted molar refractivity (Wildman–Crippen MR) is 113 cm³/mol. The van der Waals surface area contributed by atoms with Gasteiger partial charge in [0.1, 0.15) is 17.5 Å². The van der Waals surface area contributed by atoms with E-state index in [1.807, 2.05) is 30.3 Å². The predicted octanol–water partition coefficient (Wildman–Crippen LogP) is 3.49. The molecule has 33 heavy (non-hydrogen) atoms. The maximum atomic E-state index is 12.7. The summed E-state index contributed by atoms with van der Waals surface area (Å²) in [5, 5.41) is 13.3. The van der Waals surface area contributed by atoms with Crippen LogP contribution in [0, 0.1) is 0 Å². The first-order chi connectivity index (χ1) is 15.3. The number of amides is 1. The molecule has 1 aliphatic heterocycles. The molecule has 2 aromatic carbocycles. The maximum Gasteiger partial charge on any atom is 0.516 e. The van der Waals surface area contributed by atoms with Crippen molar-refractivity contribution >= 4 is 21.8 Å². The van der Waals surface area contributed by atoms with Gasteiger partial charge in [0.05, 0.1) is 5.69 Å². The molecule has 0 saturated heterocycles. The molecule has 1 heterocycles. The number of anilines is 1. The highest BCUT2D eigenvalue weighted by Gasteiger charge is 2.47. The van der Waals surface area contributed by atoms with Gasteiger partial charge in [-0.3, -0.25) is 4.72 Å². The minimum absolute atomic E-state index is 0.0326. The number of benzene rings is 2. The summed E-state index contributed by atoms with van der Waals surface area (Å²) in [6.45, 7) is 3.27. The van der Waals surface area contributed by atoms with Crippen LogP contribution in [0.15, 0.2) is 48.5 Å². The topological polar surface area (TPSA) is 114 Å². The van der Waals surface area contributed by atoms with Crippen molar-refractivity contribution in [2.24, 2.45) is 0 Å². The Morgan fingerprint density at radius 3 is 2.48 bits per heavy atom. The molecule has 2 aromatic rings. The number of alkyl carbamates (subject to hydrolysis) is 1. The Hall–Kier alpha value is -2.99. The molecule has 0 aliphatic carbocycles. The SMILES string of the molecule is CC1(C)Oc2cc(NS(=O)(=O)C(F)(F)F)ccc2[C@H](OC(=O)NCCc2ccccc2)[C@H]1O. The number of ether oxygens (including phenoxy) is 2. The third kappa shape index (κ3) is 5.69. The van der Waals surface area contributed by atoms with E-state index >= 15 is 0 Å². The van der Waals surface area contributed by atoms with Crippen LogP contribution in [0.5, 0.6) is 5.75 Å². The minimum Gasteiger partial charge on any atom is -0.484 e. The standard InChI is InChI=1S/C21H23F3N2O6S/c1-20(2)18(27)17(31-19(28)25-11-10-13-6-4-3-5-7-13)15-9-8-14(12-16(15)32-20)26-33(29,30)21(22,23)24/h3-9,12,17-18,26-27H,10-11H2,1-2H3,(H,25,28)/t17-,18+/m0/s1. The number of hydrogen-bond acceptors (Lipinski definition) is 6. The van der Waals surface area contributed by atoms with Gasteiger partial charge in [0.2, 0.25) is 0 Å². The molecule has 0 unspecified atom stereocenters. The summed E-state index contributed by atoms with van der Waals surface area (Å²) in [5.74, 6) is -0.0326. The smallest absolute Gasteiger partial charge is 0.484 e. The molecule has 0 bridgehead atoms. The fourth-order valence-corrected chi connectivity index (χ4v) is 3.80. The fraction of sp³-hybridized carbons (Fsp3) is 0.381. The van der Waals surface area contributed by atoms with Crippen molar-refractivity contribution in [2.75, 3.05) is 11.3 Å². The summed E-state index contributed by atoms with van der Waals surface area (Å²) in [6.07, 6.45) is -2.76. The molecule has 12 heteroatoms. The number of carbonyl (C=O) groups is 1. The molecule has 0 radical (unpaired) electrons. The molecular formula is C21H23F3N2O6S. The third-order valence-electron chi connectivity index (χ3n) is 5.01. The summed E-state index contributed by atoms with van der Waals surface area (Å²) in [6, 6.07) is 12.7. The van der Waals surface area contributed by atoms with Gasteiger partial charge in [0.25, 0.3) is 0 Å². The number of halogens is 3. The lowest BCUT2D eigenvalue weighted by molar-refractivity contribution is -0.113. The Morgan fingerprint density at radius 2 is 1.85 bits per heavy atom. The summed E-state index contributed by atoms with van der Waals surface area (Å²) >= 11 is 0. The van der Waals surface area contributed by atoms with Gasteiger partial charge < -0.3 is 19.9 Å². The second-order valence-electron chi connectivity index (χ2n) is 7.94.